The van der Waals surface area contributed by atoms with Crippen molar-refractivity contribution in [2.45, 2.75) is 32.0 Å². The molecule has 5 heteroatoms. The Morgan fingerprint density at radius 3 is 2.80 bits per heavy atom. The number of aromatic nitrogens is 1. The summed E-state index contributed by atoms with van der Waals surface area (Å²) >= 11 is 0. The van der Waals surface area contributed by atoms with Gasteiger partial charge in [-0.25, -0.2) is 0 Å². The van der Waals surface area contributed by atoms with E-state index >= 15 is 0 Å². The Morgan fingerprint density at radius 1 is 1.30 bits per heavy atom. The number of hydrogen-bond donors (Lipinski definition) is 1. The molecule has 0 saturated heterocycles. The van der Waals surface area contributed by atoms with Gasteiger partial charge >= 0.3 is 6.08 Å². The molecule has 0 radical (unpaired) electrons. The summed E-state index contributed by atoms with van der Waals surface area (Å²) < 4.78 is 15.9. The molecule has 1 aliphatic rings. The van der Waals surface area contributed by atoms with Gasteiger partial charge in [-0.2, -0.15) is 4.98 Å². The molecule has 1 fully saturated rings. The van der Waals surface area contributed by atoms with E-state index in [9.17, 15) is 0 Å². The number of nitrogens with one attached hydrogen (secondary N) is 1. The highest BCUT2D eigenvalue weighted by atomic mass is 16.6. The van der Waals surface area contributed by atoms with Crippen LogP contribution in [0.15, 0.2) is 34.9 Å². The lowest BCUT2D eigenvalue weighted by Gasteiger charge is -2.03. The predicted octanol–water partition coefficient (Wildman–Crippen LogP) is 2.51. The number of rotatable bonds is 7. The fourth-order valence-corrected chi connectivity index (χ4v) is 1.84. The van der Waals surface area contributed by atoms with Crippen LogP contribution in [-0.2, 0) is 13.2 Å². The number of ether oxygens (including phenoxy) is 2. The molecule has 0 atom stereocenters. The average Bonchev–Trinajstić information content (AvgIpc) is 3.22. The second kappa shape index (κ2) is 5.96. The Labute approximate surface area is 117 Å². The summed E-state index contributed by atoms with van der Waals surface area (Å²) in [5, 5.41) is 3.38. The van der Waals surface area contributed by atoms with Crippen LogP contribution in [0, 0.1) is 0 Å². The molecule has 0 aliphatic heterocycles. The van der Waals surface area contributed by atoms with Gasteiger partial charge in [0.05, 0.1) is 12.8 Å². The van der Waals surface area contributed by atoms with Gasteiger partial charge in [0.2, 0.25) is 0 Å². The summed E-state index contributed by atoms with van der Waals surface area (Å²) in [4.78, 5) is 4.28. The van der Waals surface area contributed by atoms with Crippen molar-refractivity contribution in [2.24, 2.45) is 0 Å². The first-order chi connectivity index (χ1) is 9.83. The van der Waals surface area contributed by atoms with Crippen LogP contribution in [0.2, 0.25) is 0 Å². The number of benzene rings is 1. The number of hydrogen-bond acceptors (Lipinski definition) is 5. The number of methoxy groups -OCH3 is 1. The van der Waals surface area contributed by atoms with Crippen molar-refractivity contribution in [3.05, 3.63) is 41.8 Å². The van der Waals surface area contributed by atoms with Gasteiger partial charge < -0.3 is 19.2 Å². The van der Waals surface area contributed by atoms with E-state index < -0.39 is 0 Å². The van der Waals surface area contributed by atoms with E-state index in [1.165, 1.54) is 12.8 Å². The Bertz CT molecular complexity index is 547. The SMILES string of the molecule is COc1ccc(COc2nc(CNC3CC3)co2)cc1. The second-order valence-electron chi connectivity index (χ2n) is 4.90. The highest BCUT2D eigenvalue weighted by Gasteiger charge is 2.20. The Balaban J connectivity index is 1.49. The first-order valence-corrected chi connectivity index (χ1v) is 6.77. The summed E-state index contributed by atoms with van der Waals surface area (Å²) in [5.41, 5.74) is 1.92. The molecule has 1 heterocycles. The van der Waals surface area contributed by atoms with Crippen molar-refractivity contribution in [1.29, 1.82) is 0 Å². The molecule has 1 aromatic carbocycles. The predicted molar refractivity (Wildman–Crippen MR) is 73.7 cm³/mol. The van der Waals surface area contributed by atoms with Crippen molar-refractivity contribution in [2.75, 3.05) is 7.11 Å². The maximum Gasteiger partial charge on any atom is 0.394 e. The second-order valence-corrected chi connectivity index (χ2v) is 4.90. The lowest BCUT2D eigenvalue weighted by molar-refractivity contribution is 0.220. The van der Waals surface area contributed by atoms with Gasteiger partial charge in [0, 0.05) is 12.6 Å². The third-order valence-electron chi connectivity index (χ3n) is 3.20. The third kappa shape index (κ3) is 3.51. The van der Waals surface area contributed by atoms with E-state index in [2.05, 4.69) is 10.3 Å². The maximum absolute atomic E-state index is 5.52. The minimum Gasteiger partial charge on any atom is -0.497 e. The molecule has 0 spiro atoms. The molecule has 20 heavy (non-hydrogen) atoms. The molecule has 106 valence electrons. The van der Waals surface area contributed by atoms with E-state index in [-0.39, 0.29) is 0 Å². The topological polar surface area (TPSA) is 56.5 Å². The quantitative estimate of drug-likeness (QED) is 0.840. The van der Waals surface area contributed by atoms with E-state index in [1.54, 1.807) is 13.4 Å². The molecule has 3 rings (SSSR count). The Hall–Kier alpha value is -2.01. The smallest absolute Gasteiger partial charge is 0.394 e. The molecular formula is C15H18N2O3. The van der Waals surface area contributed by atoms with Crippen LogP contribution in [0.5, 0.6) is 11.8 Å². The van der Waals surface area contributed by atoms with Crippen LogP contribution in [0.25, 0.3) is 0 Å². The molecule has 1 aromatic heterocycles. The maximum atomic E-state index is 5.52. The van der Waals surface area contributed by atoms with Gasteiger partial charge in [0.25, 0.3) is 0 Å². The summed E-state index contributed by atoms with van der Waals surface area (Å²) in [6.07, 6.45) is 4.48. The summed E-state index contributed by atoms with van der Waals surface area (Å²) in [6.45, 7) is 1.17. The van der Waals surface area contributed by atoms with E-state index in [4.69, 9.17) is 13.9 Å². The minimum absolute atomic E-state index is 0.313. The third-order valence-corrected chi connectivity index (χ3v) is 3.20. The number of oxazole rings is 1. The fraction of sp³-hybridized carbons (Fsp3) is 0.400. The highest BCUT2D eigenvalue weighted by Crippen LogP contribution is 2.20. The van der Waals surface area contributed by atoms with Crippen molar-refractivity contribution < 1.29 is 13.9 Å². The minimum atomic E-state index is 0.313. The van der Waals surface area contributed by atoms with Crippen LogP contribution in [0.4, 0.5) is 0 Å². The first kappa shape index (κ1) is 13.0. The molecule has 0 amide bonds. The normalized spacial score (nSPS) is 14.2. The molecular weight excluding hydrogens is 256 g/mol. The van der Waals surface area contributed by atoms with E-state index in [0.29, 0.717) is 18.7 Å². The van der Waals surface area contributed by atoms with Gasteiger partial charge in [-0.3, -0.25) is 0 Å². The monoisotopic (exact) mass is 274 g/mol. The van der Waals surface area contributed by atoms with Crippen LogP contribution >= 0.6 is 0 Å². The zero-order chi connectivity index (χ0) is 13.8. The summed E-state index contributed by atoms with van der Waals surface area (Å²) in [6, 6.07) is 8.38. The van der Waals surface area contributed by atoms with Gasteiger partial charge in [-0.05, 0) is 30.5 Å². The van der Waals surface area contributed by atoms with Crippen molar-refractivity contribution in [3.8, 4) is 11.8 Å². The van der Waals surface area contributed by atoms with Crippen molar-refractivity contribution >= 4 is 0 Å². The Kier molecular flexibility index (Phi) is 3.87. The van der Waals surface area contributed by atoms with Crippen molar-refractivity contribution in [1.82, 2.24) is 10.3 Å². The standard InChI is InChI=1S/C15H18N2O3/c1-18-14-6-2-11(3-7-14)9-19-15-17-13(10-20-15)8-16-12-4-5-12/h2-3,6-7,10,12,16H,4-5,8-9H2,1H3. The van der Waals surface area contributed by atoms with E-state index in [1.807, 2.05) is 24.3 Å². The Morgan fingerprint density at radius 2 is 2.10 bits per heavy atom. The highest BCUT2D eigenvalue weighted by molar-refractivity contribution is 5.26. The van der Waals surface area contributed by atoms with Crippen LogP contribution in [-0.4, -0.2) is 18.1 Å². The molecule has 2 aromatic rings. The number of nitrogens with zero attached hydrogens (tertiary/aromatic N) is 1. The van der Waals surface area contributed by atoms with E-state index in [0.717, 1.165) is 23.6 Å². The average molecular weight is 274 g/mol. The summed E-state index contributed by atoms with van der Waals surface area (Å²) in [7, 11) is 1.65. The fourth-order valence-electron chi connectivity index (χ4n) is 1.84. The molecule has 5 nitrogen and oxygen atoms in total. The zero-order valence-corrected chi connectivity index (χ0v) is 11.5. The van der Waals surface area contributed by atoms with Gasteiger partial charge in [0.1, 0.15) is 18.6 Å². The molecule has 1 N–H and O–H groups in total. The van der Waals surface area contributed by atoms with Gasteiger partial charge in [-0.15, -0.1) is 0 Å². The van der Waals surface area contributed by atoms with Crippen LogP contribution < -0.4 is 14.8 Å². The summed E-state index contributed by atoms with van der Waals surface area (Å²) in [5.74, 6) is 0.832. The van der Waals surface area contributed by atoms with Crippen LogP contribution in [0.3, 0.4) is 0 Å². The van der Waals surface area contributed by atoms with Crippen molar-refractivity contribution in [3.63, 3.8) is 0 Å². The van der Waals surface area contributed by atoms with Gasteiger partial charge in [0.15, 0.2) is 0 Å². The molecule has 1 saturated carbocycles. The molecule has 0 unspecified atom stereocenters. The lowest BCUT2D eigenvalue weighted by Crippen LogP contribution is -2.15. The molecule has 1 aliphatic carbocycles. The first-order valence-electron chi connectivity index (χ1n) is 6.77. The zero-order valence-electron chi connectivity index (χ0n) is 11.5. The lowest BCUT2D eigenvalue weighted by atomic mass is 10.2. The van der Waals surface area contributed by atoms with Crippen LogP contribution in [0.1, 0.15) is 24.1 Å². The molecule has 0 bridgehead atoms. The largest absolute Gasteiger partial charge is 0.497 e. The van der Waals surface area contributed by atoms with Gasteiger partial charge in [-0.1, -0.05) is 12.1 Å².